The van der Waals surface area contributed by atoms with Crippen molar-refractivity contribution >= 4 is 22.1 Å². The smallest absolute Gasteiger partial charge is 0.282 e. The highest BCUT2D eigenvalue weighted by molar-refractivity contribution is 7.80. The molecule has 0 aromatic heterocycles. The molecule has 0 heterocycles. The molecule has 0 aromatic carbocycles. The van der Waals surface area contributed by atoms with E-state index in [1.54, 1.807) is 0 Å². The van der Waals surface area contributed by atoms with Gasteiger partial charge in [-0.2, -0.15) is 12.6 Å². The van der Waals surface area contributed by atoms with Crippen LogP contribution in [0.15, 0.2) is 0 Å². The second-order valence-electron chi connectivity index (χ2n) is 5.64. The van der Waals surface area contributed by atoms with E-state index < -0.39 is 5.97 Å². The predicted molar refractivity (Wildman–Crippen MR) is 102 cm³/mol. The third-order valence-electron chi connectivity index (χ3n) is 3.73. The van der Waals surface area contributed by atoms with Gasteiger partial charge >= 0.3 is 0 Å². The molecule has 0 atom stereocenters. The van der Waals surface area contributed by atoms with Gasteiger partial charge in [-0.25, -0.2) is 0 Å². The van der Waals surface area contributed by atoms with E-state index in [-0.39, 0.29) is 9.52 Å². The quantitative estimate of drug-likeness (QED) is 0.182. The van der Waals surface area contributed by atoms with Gasteiger partial charge in [-0.1, -0.05) is 37.8 Å². The lowest BCUT2D eigenvalue weighted by Crippen LogP contribution is -2.39. The van der Waals surface area contributed by atoms with E-state index in [1.807, 2.05) is 20.8 Å². The summed E-state index contributed by atoms with van der Waals surface area (Å²) in [6.45, 7) is 7.84. The number of unbranched alkanes of at least 4 members (excludes halogenated alkanes) is 4. The van der Waals surface area contributed by atoms with Crippen molar-refractivity contribution in [3.63, 3.8) is 0 Å². The van der Waals surface area contributed by atoms with Crippen LogP contribution in [0.3, 0.4) is 0 Å². The Balaban J connectivity index is 3.70. The Hall–Kier alpha value is 0.447. The summed E-state index contributed by atoms with van der Waals surface area (Å²) in [5.41, 5.74) is 0. The fourth-order valence-electron chi connectivity index (χ4n) is 2.69. The Morgan fingerprint density at radius 3 is 1.77 bits per heavy atom. The Labute approximate surface area is 146 Å². The molecule has 0 saturated carbocycles. The van der Waals surface area contributed by atoms with Gasteiger partial charge in [0.25, 0.3) is 5.97 Å². The first-order chi connectivity index (χ1) is 10.7. The molecule has 0 unspecified atom stereocenters. The molecular weight excluding hydrogens is 312 g/mol. The van der Waals surface area contributed by atoms with E-state index in [1.165, 1.54) is 44.2 Å². The van der Waals surface area contributed by atoms with E-state index >= 15 is 0 Å². The zero-order valence-corrected chi connectivity index (χ0v) is 17.4. The van der Waals surface area contributed by atoms with E-state index in [0.29, 0.717) is 19.8 Å². The topological polar surface area (TPSA) is 27.7 Å². The average molecular weight is 351 g/mol. The van der Waals surface area contributed by atoms with Crippen LogP contribution in [0.4, 0.5) is 0 Å². The first-order valence-electron chi connectivity index (χ1n) is 9.27. The lowest BCUT2D eigenvalue weighted by Gasteiger charge is -2.32. The summed E-state index contributed by atoms with van der Waals surface area (Å²) in [5, 5.41) is 0. The van der Waals surface area contributed by atoms with Gasteiger partial charge < -0.3 is 14.2 Å². The van der Waals surface area contributed by atoms with Crippen LogP contribution in [0.5, 0.6) is 0 Å². The highest BCUT2D eigenvalue weighted by Crippen LogP contribution is 2.24. The van der Waals surface area contributed by atoms with Crippen LogP contribution in [0.25, 0.3) is 0 Å². The van der Waals surface area contributed by atoms with Crippen molar-refractivity contribution in [1.82, 2.24) is 0 Å². The summed E-state index contributed by atoms with van der Waals surface area (Å²) in [6, 6.07) is 2.98. The molecule has 0 N–H and O–H groups in total. The SMILES string of the molecule is CCOC(CCCCCCC[SiH2]CCCS)(OCC)OCC. The second-order valence-corrected chi connectivity index (χ2v) is 8.21. The molecule has 5 heteroatoms. The molecule has 3 nitrogen and oxygen atoms in total. The molecule has 0 fully saturated rings. The van der Waals surface area contributed by atoms with Gasteiger partial charge in [0.05, 0.1) is 0 Å². The standard InChI is InChI=1S/C17H38O3SSi/c1-4-18-17(19-5-2,20-6-3)13-10-8-7-9-11-15-22-16-12-14-21/h21H,4-16,22H2,1-3H3. The van der Waals surface area contributed by atoms with Crippen LogP contribution in [-0.4, -0.2) is 41.1 Å². The molecule has 0 aliphatic carbocycles. The third-order valence-corrected chi connectivity index (χ3v) is 6.05. The minimum atomic E-state index is -0.808. The maximum Gasteiger partial charge on any atom is 0.282 e. The summed E-state index contributed by atoms with van der Waals surface area (Å²) in [4.78, 5) is 0. The molecule has 0 saturated heterocycles. The van der Waals surface area contributed by atoms with Crippen molar-refractivity contribution in [2.45, 2.75) is 83.8 Å². The first kappa shape index (κ1) is 22.4. The van der Waals surface area contributed by atoms with Crippen LogP contribution in [-0.2, 0) is 14.2 Å². The average Bonchev–Trinajstić information content (AvgIpc) is 2.50. The Morgan fingerprint density at radius 2 is 1.23 bits per heavy atom. The summed E-state index contributed by atoms with van der Waals surface area (Å²) in [7, 11) is 0.209. The molecule has 0 spiro atoms. The molecule has 0 rings (SSSR count). The largest absolute Gasteiger partial charge is 0.328 e. The predicted octanol–water partition coefficient (Wildman–Crippen LogP) is 4.42. The van der Waals surface area contributed by atoms with Gasteiger partial charge in [0.1, 0.15) is 0 Å². The van der Waals surface area contributed by atoms with Gasteiger partial charge in [-0.05, 0) is 39.4 Å². The normalized spacial score (nSPS) is 12.5. The van der Waals surface area contributed by atoms with Crippen molar-refractivity contribution < 1.29 is 14.2 Å². The van der Waals surface area contributed by atoms with Crippen LogP contribution >= 0.6 is 12.6 Å². The molecule has 0 aromatic rings. The molecule has 22 heavy (non-hydrogen) atoms. The number of hydrogen-bond acceptors (Lipinski definition) is 4. The minimum absolute atomic E-state index is 0.209. The van der Waals surface area contributed by atoms with E-state index in [4.69, 9.17) is 14.2 Å². The fraction of sp³-hybridized carbons (Fsp3) is 1.00. The molecule has 0 amide bonds. The van der Waals surface area contributed by atoms with Crippen molar-refractivity contribution in [2.75, 3.05) is 25.6 Å². The molecular formula is C17H38O3SSi. The summed E-state index contributed by atoms with van der Waals surface area (Å²) in [5.74, 6) is 0.256. The van der Waals surface area contributed by atoms with Gasteiger partial charge in [0, 0.05) is 35.8 Å². The number of ether oxygens (including phenoxy) is 3. The van der Waals surface area contributed by atoms with Crippen molar-refractivity contribution in [2.24, 2.45) is 0 Å². The van der Waals surface area contributed by atoms with E-state index in [2.05, 4.69) is 12.6 Å². The summed E-state index contributed by atoms with van der Waals surface area (Å²) >= 11 is 4.26. The van der Waals surface area contributed by atoms with Crippen LogP contribution in [0.2, 0.25) is 12.1 Å². The van der Waals surface area contributed by atoms with Gasteiger partial charge in [0.15, 0.2) is 0 Å². The van der Waals surface area contributed by atoms with Crippen LogP contribution in [0.1, 0.15) is 65.7 Å². The number of hydrogen-bond donors (Lipinski definition) is 1. The van der Waals surface area contributed by atoms with Crippen LogP contribution < -0.4 is 0 Å². The number of rotatable bonds is 17. The lowest BCUT2D eigenvalue weighted by atomic mass is 10.1. The highest BCUT2D eigenvalue weighted by atomic mass is 32.1. The maximum atomic E-state index is 5.75. The summed E-state index contributed by atoms with van der Waals surface area (Å²) in [6.07, 6.45) is 8.62. The monoisotopic (exact) mass is 350 g/mol. The Bertz CT molecular complexity index is 213. The van der Waals surface area contributed by atoms with Gasteiger partial charge in [0.2, 0.25) is 0 Å². The zero-order chi connectivity index (χ0) is 16.5. The van der Waals surface area contributed by atoms with Crippen molar-refractivity contribution in [3.8, 4) is 0 Å². The fourth-order valence-corrected chi connectivity index (χ4v) is 5.00. The highest BCUT2D eigenvalue weighted by Gasteiger charge is 2.31. The first-order valence-corrected chi connectivity index (χ1v) is 11.9. The Morgan fingerprint density at radius 1 is 0.727 bits per heavy atom. The lowest BCUT2D eigenvalue weighted by molar-refractivity contribution is -0.380. The number of thiol groups is 1. The van der Waals surface area contributed by atoms with E-state index in [9.17, 15) is 0 Å². The maximum absolute atomic E-state index is 5.75. The zero-order valence-electron chi connectivity index (χ0n) is 15.1. The minimum Gasteiger partial charge on any atom is -0.328 e. The summed E-state index contributed by atoms with van der Waals surface area (Å²) < 4.78 is 17.2. The third kappa shape index (κ3) is 11.9. The molecule has 0 aliphatic heterocycles. The van der Waals surface area contributed by atoms with Gasteiger partial charge in [-0.15, -0.1) is 0 Å². The van der Waals surface area contributed by atoms with Crippen molar-refractivity contribution in [3.05, 3.63) is 0 Å². The van der Waals surface area contributed by atoms with E-state index in [0.717, 1.165) is 18.6 Å². The molecule has 0 aliphatic rings. The van der Waals surface area contributed by atoms with Crippen molar-refractivity contribution in [1.29, 1.82) is 0 Å². The molecule has 134 valence electrons. The van der Waals surface area contributed by atoms with Gasteiger partial charge in [-0.3, -0.25) is 0 Å². The molecule has 0 bridgehead atoms. The second kappa shape index (κ2) is 16.3. The Kier molecular flexibility index (Phi) is 16.6. The molecule has 0 radical (unpaired) electrons. The van der Waals surface area contributed by atoms with Crippen LogP contribution in [0, 0.1) is 0 Å².